The van der Waals surface area contributed by atoms with Crippen molar-refractivity contribution >= 4 is 0 Å². The highest BCUT2D eigenvalue weighted by Crippen LogP contribution is 2.41. The van der Waals surface area contributed by atoms with Crippen LogP contribution in [-0.2, 0) is 0 Å². The normalized spacial score (nSPS) is 28.0. The van der Waals surface area contributed by atoms with E-state index >= 15 is 0 Å². The standard InChI is InChI=1S/C19H32N2/c1-15(2)16(3)21(4)19(14-20)12-10-18(11-13-19)17-8-6-5-7-9-17/h5-9,15-16,18H,10-14,20H2,1-4H3. The van der Waals surface area contributed by atoms with Crippen molar-refractivity contribution in [3.8, 4) is 0 Å². The van der Waals surface area contributed by atoms with Gasteiger partial charge < -0.3 is 5.73 Å². The molecule has 0 spiro atoms. The molecular weight excluding hydrogens is 256 g/mol. The number of hydrogen-bond acceptors (Lipinski definition) is 2. The summed E-state index contributed by atoms with van der Waals surface area (Å²) < 4.78 is 0. The second-order valence-electron chi connectivity index (χ2n) is 7.21. The van der Waals surface area contributed by atoms with Gasteiger partial charge in [0.15, 0.2) is 0 Å². The van der Waals surface area contributed by atoms with Crippen molar-refractivity contribution in [2.24, 2.45) is 11.7 Å². The van der Waals surface area contributed by atoms with Crippen LogP contribution in [0.25, 0.3) is 0 Å². The zero-order valence-electron chi connectivity index (χ0n) is 14.2. The van der Waals surface area contributed by atoms with Crippen LogP contribution in [0.4, 0.5) is 0 Å². The lowest BCUT2D eigenvalue weighted by atomic mass is 9.72. The molecule has 0 radical (unpaired) electrons. The minimum absolute atomic E-state index is 0.203. The summed E-state index contributed by atoms with van der Waals surface area (Å²) in [7, 11) is 2.28. The molecule has 2 nitrogen and oxygen atoms in total. The lowest BCUT2D eigenvalue weighted by Gasteiger charge is -2.49. The summed E-state index contributed by atoms with van der Waals surface area (Å²) in [4.78, 5) is 2.57. The number of rotatable bonds is 5. The molecule has 118 valence electrons. The summed E-state index contributed by atoms with van der Waals surface area (Å²) in [6.07, 6.45) is 4.96. The number of nitrogens with two attached hydrogens (primary N) is 1. The van der Waals surface area contributed by atoms with E-state index in [0.29, 0.717) is 17.9 Å². The molecule has 1 fully saturated rings. The van der Waals surface area contributed by atoms with Crippen LogP contribution >= 0.6 is 0 Å². The summed E-state index contributed by atoms with van der Waals surface area (Å²) in [6.45, 7) is 7.73. The third kappa shape index (κ3) is 3.49. The number of nitrogens with zero attached hydrogens (tertiary/aromatic N) is 1. The van der Waals surface area contributed by atoms with Crippen LogP contribution in [0.2, 0.25) is 0 Å². The molecule has 0 bridgehead atoms. The monoisotopic (exact) mass is 288 g/mol. The predicted octanol–water partition coefficient (Wildman–Crippen LogP) is 4.02. The van der Waals surface area contributed by atoms with Gasteiger partial charge in [-0.2, -0.15) is 0 Å². The largest absolute Gasteiger partial charge is 0.329 e. The third-order valence-corrected chi connectivity index (χ3v) is 5.89. The fourth-order valence-corrected chi connectivity index (χ4v) is 3.79. The molecular formula is C19H32N2. The Balaban J connectivity index is 2.05. The molecule has 1 unspecified atom stereocenters. The molecule has 2 N–H and O–H groups in total. The van der Waals surface area contributed by atoms with Gasteiger partial charge in [-0.25, -0.2) is 0 Å². The molecule has 1 aromatic rings. The van der Waals surface area contributed by atoms with Crippen molar-refractivity contribution in [1.29, 1.82) is 0 Å². The van der Waals surface area contributed by atoms with E-state index in [1.54, 1.807) is 0 Å². The van der Waals surface area contributed by atoms with Crippen LogP contribution in [0.5, 0.6) is 0 Å². The van der Waals surface area contributed by atoms with Crippen molar-refractivity contribution in [1.82, 2.24) is 4.90 Å². The molecule has 1 aliphatic carbocycles. The summed E-state index contributed by atoms with van der Waals surface area (Å²) in [5.41, 5.74) is 7.93. The van der Waals surface area contributed by atoms with Crippen LogP contribution in [0.15, 0.2) is 30.3 Å². The van der Waals surface area contributed by atoms with Gasteiger partial charge in [0.05, 0.1) is 0 Å². The molecule has 0 aliphatic heterocycles. The molecule has 2 rings (SSSR count). The number of hydrogen-bond donors (Lipinski definition) is 1. The van der Waals surface area contributed by atoms with Gasteiger partial charge in [-0.3, -0.25) is 4.90 Å². The van der Waals surface area contributed by atoms with E-state index in [0.717, 1.165) is 6.54 Å². The Kier molecular flexibility index (Phi) is 5.45. The highest BCUT2D eigenvalue weighted by Gasteiger charge is 2.40. The van der Waals surface area contributed by atoms with Gasteiger partial charge >= 0.3 is 0 Å². The Morgan fingerprint density at radius 1 is 1.14 bits per heavy atom. The van der Waals surface area contributed by atoms with E-state index in [-0.39, 0.29) is 5.54 Å². The van der Waals surface area contributed by atoms with Gasteiger partial charge in [-0.1, -0.05) is 44.2 Å². The highest BCUT2D eigenvalue weighted by atomic mass is 15.2. The van der Waals surface area contributed by atoms with Crippen LogP contribution in [0.1, 0.15) is 57.9 Å². The minimum Gasteiger partial charge on any atom is -0.329 e. The van der Waals surface area contributed by atoms with Crippen LogP contribution < -0.4 is 5.73 Å². The Bertz CT molecular complexity index is 418. The van der Waals surface area contributed by atoms with Crippen LogP contribution in [0, 0.1) is 5.92 Å². The van der Waals surface area contributed by atoms with Crippen molar-refractivity contribution in [2.75, 3.05) is 13.6 Å². The topological polar surface area (TPSA) is 29.3 Å². The fourth-order valence-electron chi connectivity index (χ4n) is 3.79. The zero-order valence-corrected chi connectivity index (χ0v) is 14.2. The van der Waals surface area contributed by atoms with E-state index in [1.165, 1.54) is 31.2 Å². The maximum atomic E-state index is 6.22. The molecule has 0 aromatic heterocycles. The molecule has 1 saturated carbocycles. The Labute approximate surface area is 130 Å². The Hall–Kier alpha value is -0.860. The first-order valence-corrected chi connectivity index (χ1v) is 8.48. The highest BCUT2D eigenvalue weighted by molar-refractivity contribution is 5.20. The average molecular weight is 288 g/mol. The van der Waals surface area contributed by atoms with E-state index in [1.807, 2.05) is 0 Å². The molecule has 1 atom stereocenters. The van der Waals surface area contributed by atoms with Gasteiger partial charge in [0.1, 0.15) is 0 Å². The zero-order chi connectivity index (χ0) is 15.5. The van der Waals surface area contributed by atoms with E-state index < -0.39 is 0 Å². The summed E-state index contributed by atoms with van der Waals surface area (Å²) >= 11 is 0. The van der Waals surface area contributed by atoms with Gasteiger partial charge in [0.25, 0.3) is 0 Å². The van der Waals surface area contributed by atoms with E-state index in [9.17, 15) is 0 Å². The van der Waals surface area contributed by atoms with Crippen molar-refractivity contribution in [3.63, 3.8) is 0 Å². The van der Waals surface area contributed by atoms with Gasteiger partial charge in [0.2, 0.25) is 0 Å². The summed E-state index contributed by atoms with van der Waals surface area (Å²) in [6, 6.07) is 11.6. The Morgan fingerprint density at radius 2 is 1.71 bits per heavy atom. The van der Waals surface area contributed by atoms with Crippen LogP contribution in [-0.4, -0.2) is 30.1 Å². The molecule has 1 aromatic carbocycles. The lowest BCUT2D eigenvalue weighted by molar-refractivity contribution is 0.0284. The van der Waals surface area contributed by atoms with Crippen molar-refractivity contribution in [2.45, 2.75) is 64.0 Å². The average Bonchev–Trinajstić information content (AvgIpc) is 2.54. The summed E-state index contributed by atoms with van der Waals surface area (Å²) in [5, 5.41) is 0. The molecule has 21 heavy (non-hydrogen) atoms. The quantitative estimate of drug-likeness (QED) is 0.886. The fraction of sp³-hybridized carbons (Fsp3) is 0.684. The number of benzene rings is 1. The molecule has 2 heteroatoms. The van der Waals surface area contributed by atoms with E-state index in [4.69, 9.17) is 5.73 Å². The maximum absolute atomic E-state index is 6.22. The third-order valence-electron chi connectivity index (χ3n) is 5.89. The van der Waals surface area contributed by atoms with E-state index in [2.05, 4.69) is 63.1 Å². The first-order valence-electron chi connectivity index (χ1n) is 8.48. The minimum atomic E-state index is 0.203. The SMILES string of the molecule is CC(C)C(C)N(C)C1(CN)CCC(c2ccccc2)CC1. The summed E-state index contributed by atoms with van der Waals surface area (Å²) in [5.74, 6) is 1.39. The van der Waals surface area contributed by atoms with Crippen LogP contribution in [0.3, 0.4) is 0 Å². The maximum Gasteiger partial charge on any atom is 0.0332 e. The van der Waals surface area contributed by atoms with Crippen molar-refractivity contribution < 1.29 is 0 Å². The lowest BCUT2D eigenvalue weighted by Crippen LogP contribution is -2.57. The molecule has 0 heterocycles. The molecule has 1 aliphatic rings. The van der Waals surface area contributed by atoms with Gasteiger partial charge in [-0.15, -0.1) is 0 Å². The second-order valence-corrected chi connectivity index (χ2v) is 7.21. The van der Waals surface area contributed by atoms with Gasteiger partial charge in [-0.05, 0) is 57.1 Å². The smallest absolute Gasteiger partial charge is 0.0332 e. The second kappa shape index (κ2) is 6.93. The molecule has 0 amide bonds. The van der Waals surface area contributed by atoms with Crippen molar-refractivity contribution in [3.05, 3.63) is 35.9 Å². The van der Waals surface area contributed by atoms with Gasteiger partial charge in [0, 0.05) is 18.1 Å². The Morgan fingerprint density at radius 3 is 2.19 bits per heavy atom. The molecule has 0 saturated heterocycles. The first kappa shape index (κ1) is 16.5. The predicted molar refractivity (Wildman–Crippen MR) is 91.5 cm³/mol. The first-order chi connectivity index (χ1) is 10.00. The number of likely N-dealkylation sites (N-methyl/N-ethyl adjacent to an activating group) is 1.